The van der Waals surface area contributed by atoms with Crippen LogP contribution < -0.4 is 5.32 Å². The molecule has 1 heterocycles. The van der Waals surface area contributed by atoms with Gasteiger partial charge in [0.05, 0.1) is 0 Å². The standard InChI is InChI=1S/C23H20N2O2/c26-23(25-14-6-8-17-7-5-13-24-15-17)27-16-22-20-11-3-1-9-18(20)19-10-2-4-12-21(19)22/h1-13,15,22H,14,16H2,(H,25,26). The molecule has 4 heteroatoms. The number of benzene rings is 2. The zero-order valence-electron chi connectivity index (χ0n) is 14.8. The second-order valence-electron chi connectivity index (χ2n) is 6.40. The molecular weight excluding hydrogens is 336 g/mol. The average molecular weight is 356 g/mol. The predicted molar refractivity (Wildman–Crippen MR) is 106 cm³/mol. The molecule has 1 amide bonds. The van der Waals surface area contributed by atoms with Gasteiger partial charge in [0.2, 0.25) is 0 Å². The molecule has 0 aliphatic heterocycles. The molecule has 2 aromatic carbocycles. The molecule has 0 radical (unpaired) electrons. The number of carbonyl (C=O) groups excluding carboxylic acids is 1. The number of nitrogens with zero attached hydrogens (tertiary/aromatic N) is 1. The molecule has 1 aromatic heterocycles. The number of pyridine rings is 1. The molecule has 4 rings (SSSR count). The number of fused-ring (bicyclic) bond motifs is 3. The molecule has 4 nitrogen and oxygen atoms in total. The van der Waals surface area contributed by atoms with Crippen LogP contribution in [0.4, 0.5) is 4.79 Å². The van der Waals surface area contributed by atoms with Crippen molar-refractivity contribution in [1.29, 1.82) is 0 Å². The highest BCUT2D eigenvalue weighted by Crippen LogP contribution is 2.44. The minimum absolute atomic E-state index is 0.0779. The molecule has 1 N–H and O–H groups in total. The van der Waals surface area contributed by atoms with Gasteiger partial charge in [-0.1, -0.05) is 66.7 Å². The lowest BCUT2D eigenvalue weighted by atomic mass is 9.98. The van der Waals surface area contributed by atoms with E-state index in [2.05, 4.69) is 34.6 Å². The van der Waals surface area contributed by atoms with Crippen molar-refractivity contribution in [1.82, 2.24) is 10.3 Å². The summed E-state index contributed by atoms with van der Waals surface area (Å²) in [5, 5.41) is 2.76. The molecule has 0 bridgehead atoms. The van der Waals surface area contributed by atoms with Crippen molar-refractivity contribution in [2.45, 2.75) is 5.92 Å². The quantitative estimate of drug-likeness (QED) is 0.725. The number of rotatable bonds is 5. The second-order valence-corrected chi connectivity index (χ2v) is 6.40. The largest absolute Gasteiger partial charge is 0.449 e. The summed E-state index contributed by atoms with van der Waals surface area (Å²) in [5.41, 5.74) is 5.86. The fraction of sp³-hybridized carbons (Fsp3) is 0.130. The molecule has 0 saturated carbocycles. The molecule has 0 unspecified atom stereocenters. The highest BCUT2D eigenvalue weighted by atomic mass is 16.5. The van der Waals surface area contributed by atoms with Crippen LogP contribution in [-0.4, -0.2) is 24.2 Å². The first-order valence-electron chi connectivity index (χ1n) is 8.98. The zero-order chi connectivity index (χ0) is 18.5. The van der Waals surface area contributed by atoms with Crippen molar-refractivity contribution < 1.29 is 9.53 Å². The van der Waals surface area contributed by atoms with Gasteiger partial charge in [0.25, 0.3) is 0 Å². The first-order chi connectivity index (χ1) is 13.3. The third-order valence-corrected chi connectivity index (χ3v) is 4.70. The zero-order valence-corrected chi connectivity index (χ0v) is 14.8. The fourth-order valence-corrected chi connectivity index (χ4v) is 3.46. The monoisotopic (exact) mass is 356 g/mol. The maximum absolute atomic E-state index is 12.1. The smallest absolute Gasteiger partial charge is 0.407 e. The summed E-state index contributed by atoms with van der Waals surface area (Å²) in [6.45, 7) is 0.734. The Morgan fingerprint density at radius 2 is 1.70 bits per heavy atom. The van der Waals surface area contributed by atoms with E-state index < -0.39 is 6.09 Å². The van der Waals surface area contributed by atoms with Crippen molar-refractivity contribution >= 4 is 12.2 Å². The predicted octanol–water partition coefficient (Wildman–Crippen LogP) is 4.63. The van der Waals surface area contributed by atoms with Crippen LogP contribution in [-0.2, 0) is 4.74 Å². The molecule has 134 valence electrons. The topological polar surface area (TPSA) is 51.2 Å². The molecule has 0 spiro atoms. The van der Waals surface area contributed by atoms with Gasteiger partial charge in [-0.25, -0.2) is 4.79 Å². The summed E-state index contributed by atoms with van der Waals surface area (Å²) in [6.07, 6.45) is 6.87. The fourth-order valence-electron chi connectivity index (χ4n) is 3.46. The summed E-state index contributed by atoms with van der Waals surface area (Å²) >= 11 is 0. The van der Waals surface area contributed by atoms with Crippen LogP contribution in [0.3, 0.4) is 0 Å². The molecule has 0 saturated heterocycles. The Kier molecular flexibility index (Phi) is 4.97. The lowest BCUT2D eigenvalue weighted by molar-refractivity contribution is 0.144. The van der Waals surface area contributed by atoms with Crippen LogP contribution in [0, 0.1) is 0 Å². The van der Waals surface area contributed by atoms with E-state index in [1.54, 1.807) is 12.4 Å². The third-order valence-electron chi connectivity index (χ3n) is 4.70. The number of aromatic nitrogens is 1. The number of hydrogen-bond donors (Lipinski definition) is 1. The van der Waals surface area contributed by atoms with Crippen LogP contribution in [0.5, 0.6) is 0 Å². The number of amides is 1. The second kappa shape index (κ2) is 7.87. The van der Waals surface area contributed by atoms with Gasteiger partial charge in [0, 0.05) is 24.9 Å². The number of hydrogen-bond acceptors (Lipinski definition) is 3. The number of nitrogens with one attached hydrogen (secondary N) is 1. The van der Waals surface area contributed by atoms with Crippen molar-refractivity contribution in [3.8, 4) is 11.1 Å². The van der Waals surface area contributed by atoms with Crippen LogP contribution in [0.15, 0.2) is 79.1 Å². The van der Waals surface area contributed by atoms with Gasteiger partial charge < -0.3 is 10.1 Å². The normalized spacial score (nSPS) is 12.6. The summed E-state index contributed by atoms with van der Waals surface area (Å²) < 4.78 is 5.50. The summed E-state index contributed by atoms with van der Waals surface area (Å²) in [7, 11) is 0. The minimum atomic E-state index is -0.410. The van der Waals surface area contributed by atoms with Gasteiger partial charge >= 0.3 is 6.09 Å². The first kappa shape index (κ1) is 17.0. The highest BCUT2D eigenvalue weighted by Gasteiger charge is 2.28. The SMILES string of the molecule is O=C(NCC=Cc1cccnc1)OCC1c2ccccc2-c2ccccc21. The van der Waals surface area contributed by atoms with Crippen molar-refractivity contribution in [2.75, 3.05) is 13.2 Å². The summed E-state index contributed by atoms with van der Waals surface area (Å²) in [6, 6.07) is 20.4. The van der Waals surface area contributed by atoms with E-state index in [0.29, 0.717) is 13.2 Å². The third kappa shape index (κ3) is 3.75. The van der Waals surface area contributed by atoms with Crippen LogP contribution in [0.25, 0.3) is 17.2 Å². The van der Waals surface area contributed by atoms with E-state index in [0.717, 1.165) is 5.56 Å². The summed E-state index contributed by atoms with van der Waals surface area (Å²) in [4.78, 5) is 16.1. The minimum Gasteiger partial charge on any atom is -0.449 e. The Balaban J connectivity index is 1.35. The Morgan fingerprint density at radius 3 is 2.37 bits per heavy atom. The van der Waals surface area contributed by atoms with E-state index in [9.17, 15) is 4.79 Å². The molecule has 0 fully saturated rings. The van der Waals surface area contributed by atoms with Crippen molar-refractivity contribution in [2.24, 2.45) is 0 Å². The van der Waals surface area contributed by atoms with Crippen LogP contribution in [0.2, 0.25) is 0 Å². The molecular formula is C23H20N2O2. The van der Waals surface area contributed by atoms with Gasteiger partial charge in [-0.15, -0.1) is 0 Å². The van der Waals surface area contributed by atoms with E-state index >= 15 is 0 Å². The van der Waals surface area contributed by atoms with E-state index in [1.165, 1.54) is 22.3 Å². The number of ether oxygens (including phenoxy) is 1. The van der Waals surface area contributed by atoms with Gasteiger partial charge in [0.15, 0.2) is 0 Å². The van der Waals surface area contributed by atoms with Crippen molar-refractivity contribution in [3.05, 3.63) is 95.8 Å². The highest BCUT2D eigenvalue weighted by molar-refractivity contribution is 5.79. The van der Waals surface area contributed by atoms with E-state index in [4.69, 9.17) is 4.74 Å². The average Bonchev–Trinajstić information content (AvgIpc) is 3.04. The maximum Gasteiger partial charge on any atom is 0.407 e. The Labute approximate surface area is 158 Å². The van der Waals surface area contributed by atoms with E-state index in [-0.39, 0.29) is 5.92 Å². The van der Waals surface area contributed by atoms with Crippen LogP contribution >= 0.6 is 0 Å². The molecule has 3 aromatic rings. The Hall–Kier alpha value is -3.40. The van der Waals surface area contributed by atoms with Gasteiger partial charge in [-0.2, -0.15) is 0 Å². The Morgan fingerprint density at radius 1 is 1.00 bits per heavy atom. The molecule has 0 atom stereocenters. The number of carbonyl (C=O) groups is 1. The Bertz CT molecular complexity index is 921. The van der Waals surface area contributed by atoms with Crippen molar-refractivity contribution in [3.63, 3.8) is 0 Å². The van der Waals surface area contributed by atoms with Crippen LogP contribution in [0.1, 0.15) is 22.6 Å². The first-order valence-corrected chi connectivity index (χ1v) is 8.98. The lowest BCUT2D eigenvalue weighted by Gasteiger charge is -2.14. The lowest BCUT2D eigenvalue weighted by Crippen LogP contribution is -2.26. The van der Waals surface area contributed by atoms with Gasteiger partial charge in [-0.05, 0) is 33.9 Å². The van der Waals surface area contributed by atoms with E-state index in [1.807, 2.05) is 48.6 Å². The molecule has 1 aliphatic rings. The molecule has 1 aliphatic carbocycles. The summed E-state index contributed by atoms with van der Waals surface area (Å²) in [5.74, 6) is 0.0779. The number of alkyl carbamates (subject to hydrolysis) is 1. The van der Waals surface area contributed by atoms with Gasteiger partial charge in [0.1, 0.15) is 6.61 Å². The maximum atomic E-state index is 12.1. The van der Waals surface area contributed by atoms with Gasteiger partial charge in [-0.3, -0.25) is 4.98 Å². The molecule has 27 heavy (non-hydrogen) atoms.